The lowest BCUT2D eigenvalue weighted by molar-refractivity contribution is 0.102. The van der Waals surface area contributed by atoms with Crippen molar-refractivity contribution in [3.63, 3.8) is 0 Å². The van der Waals surface area contributed by atoms with E-state index in [0.717, 1.165) is 16.1 Å². The minimum absolute atomic E-state index is 0.263. The molecule has 1 aromatic heterocycles. The first-order chi connectivity index (χ1) is 15.9. The number of aryl methyl sites for hydroxylation is 1. The number of thiazole rings is 1. The third kappa shape index (κ3) is 6.54. The minimum atomic E-state index is -0.362. The van der Waals surface area contributed by atoms with Gasteiger partial charge in [0.15, 0.2) is 0 Å². The van der Waals surface area contributed by atoms with Crippen LogP contribution in [-0.2, 0) is 19.6 Å². The van der Waals surface area contributed by atoms with E-state index in [2.05, 4.69) is 39.5 Å². The van der Waals surface area contributed by atoms with Gasteiger partial charge in [-0.1, -0.05) is 42.0 Å². The van der Waals surface area contributed by atoms with Gasteiger partial charge in [0.2, 0.25) is 0 Å². The van der Waals surface area contributed by atoms with Crippen molar-refractivity contribution in [3.05, 3.63) is 117 Å². The Labute approximate surface area is 195 Å². The van der Waals surface area contributed by atoms with Crippen LogP contribution in [0.15, 0.2) is 78.2 Å². The first kappa shape index (κ1) is 22.8. The number of nitrogens with one attached hydrogen (secondary N) is 1. The Hall–Kier alpha value is -3.42. The molecule has 4 rings (SSSR count). The van der Waals surface area contributed by atoms with E-state index in [4.69, 9.17) is 0 Å². The maximum absolute atomic E-state index is 13.3. The second-order valence-electron chi connectivity index (χ2n) is 7.84. The molecule has 7 heteroatoms. The molecule has 0 spiro atoms. The van der Waals surface area contributed by atoms with Crippen molar-refractivity contribution in [2.24, 2.45) is 0 Å². The molecular weight excluding hydrogens is 440 g/mol. The molecule has 4 aromatic rings. The number of nitrogens with zero attached hydrogens (tertiary/aromatic N) is 2. The lowest BCUT2D eigenvalue weighted by Gasteiger charge is -2.21. The van der Waals surface area contributed by atoms with Crippen LogP contribution in [-0.4, -0.2) is 15.8 Å². The third-order valence-electron chi connectivity index (χ3n) is 5.09. The fourth-order valence-electron chi connectivity index (χ4n) is 3.37. The van der Waals surface area contributed by atoms with Crippen LogP contribution in [0.5, 0.6) is 0 Å². The number of aromatic nitrogens is 1. The van der Waals surface area contributed by atoms with Crippen LogP contribution in [0.3, 0.4) is 0 Å². The van der Waals surface area contributed by atoms with E-state index in [-0.39, 0.29) is 17.5 Å². The molecule has 3 aromatic carbocycles. The molecule has 1 amide bonds. The highest BCUT2D eigenvalue weighted by Crippen LogP contribution is 2.19. The van der Waals surface area contributed by atoms with Crippen molar-refractivity contribution < 1.29 is 13.6 Å². The van der Waals surface area contributed by atoms with Crippen molar-refractivity contribution in [1.29, 1.82) is 0 Å². The van der Waals surface area contributed by atoms with Gasteiger partial charge in [-0.05, 0) is 54.4 Å². The Morgan fingerprint density at radius 2 is 1.39 bits per heavy atom. The molecule has 1 heterocycles. The smallest absolute Gasteiger partial charge is 0.275 e. The van der Waals surface area contributed by atoms with E-state index in [1.165, 1.54) is 53.3 Å². The van der Waals surface area contributed by atoms with Gasteiger partial charge in [-0.15, -0.1) is 11.3 Å². The number of benzene rings is 3. The topological polar surface area (TPSA) is 45.2 Å². The van der Waals surface area contributed by atoms with Crippen LogP contribution in [0.2, 0.25) is 0 Å². The average Bonchev–Trinajstić information content (AvgIpc) is 3.27. The third-order valence-corrected chi connectivity index (χ3v) is 5.93. The molecule has 1 N–H and O–H groups in total. The number of hydrogen-bond donors (Lipinski definition) is 1. The summed E-state index contributed by atoms with van der Waals surface area (Å²) in [5.74, 6) is -0.966. The average molecular weight is 464 g/mol. The first-order valence-electron chi connectivity index (χ1n) is 10.5. The summed E-state index contributed by atoms with van der Waals surface area (Å²) in [7, 11) is 0. The van der Waals surface area contributed by atoms with Crippen molar-refractivity contribution in [1.82, 2.24) is 9.88 Å². The van der Waals surface area contributed by atoms with E-state index in [1.807, 2.05) is 6.92 Å². The van der Waals surface area contributed by atoms with Crippen molar-refractivity contribution in [3.8, 4) is 0 Å². The number of hydrogen-bond acceptors (Lipinski definition) is 4. The number of anilines is 1. The van der Waals surface area contributed by atoms with Crippen molar-refractivity contribution in [2.75, 3.05) is 5.32 Å². The van der Waals surface area contributed by atoms with Gasteiger partial charge >= 0.3 is 0 Å². The van der Waals surface area contributed by atoms with Crippen LogP contribution >= 0.6 is 11.3 Å². The Kier molecular flexibility index (Phi) is 7.22. The van der Waals surface area contributed by atoms with Crippen molar-refractivity contribution in [2.45, 2.75) is 26.6 Å². The summed E-state index contributed by atoms with van der Waals surface area (Å²) < 4.78 is 26.4. The van der Waals surface area contributed by atoms with E-state index >= 15 is 0 Å². The fourth-order valence-corrected chi connectivity index (χ4v) is 4.19. The molecule has 0 saturated heterocycles. The second-order valence-corrected chi connectivity index (χ2v) is 8.79. The van der Waals surface area contributed by atoms with E-state index in [1.54, 1.807) is 17.5 Å². The molecule has 0 saturated carbocycles. The van der Waals surface area contributed by atoms with Crippen LogP contribution < -0.4 is 5.32 Å². The zero-order valence-corrected chi connectivity index (χ0v) is 18.9. The highest BCUT2D eigenvalue weighted by atomic mass is 32.1. The predicted octanol–water partition coefficient (Wildman–Crippen LogP) is 6.18. The Bertz CT molecular complexity index is 1160. The van der Waals surface area contributed by atoms with Crippen LogP contribution in [0.4, 0.5) is 14.5 Å². The quantitative estimate of drug-likeness (QED) is 0.339. The predicted molar refractivity (Wildman–Crippen MR) is 127 cm³/mol. The van der Waals surface area contributed by atoms with Gasteiger partial charge in [0.25, 0.3) is 5.91 Å². The van der Waals surface area contributed by atoms with Gasteiger partial charge in [0.05, 0.1) is 6.54 Å². The largest absolute Gasteiger partial charge is 0.321 e. The summed E-state index contributed by atoms with van der Waals surface area (Å²) in [6, 6.07) is 20.4. The van der Waals surface area contributed by atoms with E-state index < -0.39 is 0 Å². The second kappa shape index (κ2) is 10.5. The van der Waals surface area contributed by atoms with Crippen LogP contribution in [0.1, 0.15) is 32.2 Å². The normalized spacial score (nSPS) is 11.0. The molecule has 0 radical (unpaired) electrons. The summed E-state index contributed by atoms with van der Waals surface area (Å²) in [6.07, 6.45) is 0. The molecule has 0 aliphatic carbocycles. The Balaban J connectivity index is 1.47. The summed E-state index contributed by atoms with van der Waals surface area (Å²) >= 11 is 1.41. The highest BCUT2D eigenvalue weighted by molar-refractivity contribution is 7.09. The molecule has 0 atom stereocenters. The lowest BCUT2D eigenvalue weighted by Crippen LogP contribution is -2.22. The molecular formula is C26H23F2N3OS. The van der Waals surface area contributed by atoms with Crippen molar-refractivity contribution >= 4 is 22.9 Å². The molecule has 4 nitrogen and oxygen atoms in total. The van der Waals surface area contributed by atoms with Gasteiger partial charge < -0.3 is 5.32 Å². The summed E-state index contributed by atoms with van der Waals surface area (Å²) in [4.78, 5) is 19.2. The SMILES string of the molecule is Cc1ccc(CN(Cc2ccc(F)cc2)Cc2nc(C(=O)Nc3ccc(F)cc3)cs2)cc1. The van der Waals surface area contributed by atoms with Gasteiger partial charge in [-0.2, -0.15) is 0 Å². The fraction of sp³-hybridized carbons (Fsp3) is 0.154. The molecule has 0 aliphatic heterocycles. The Morgan fingerprint density at radius 1 is 0.848 bits per heavy atom. The zero-order valence-electron chi connectivity index (χ0n) is 18.1. The van der Waals surface area contributed by atoms with Gasteiger partial charge in [0, 0.05) is 24.2 Å². The highest BCUT2D eigenvalue weighted by Gasteiger charge is 2.15. The standard InChI is InChI=1S/C26H23F2N3OS/c1-18-2-4-19(5-3-18)14-31(15-20-6-8-21(27)9-7-20)16-25-30-24(17-33-25)26(32)29-23-12-10-22(28)11-13-23/h2-13,17H,14-16H2,1H3,(H,29,32). The van der Waals surface area contributed by atoms with Gasteiger partial charge in [0.1, 0.15) is 22.3 Å². The number of carbonyl (C=O) groups excluding carboxylic acids is 1. The van der Waals surface area contributed by atoms with Gasteiger partial charge in [-0.3, -0.25) is 9.69 Å². The molecule has 0 unspecified atom stereocenters. The summed E-state index contributed by atoms with van der Waals surface area (Å²) in [6.45, 7) is 3.90. The van der Waals surface area contributed by atoms with E-state index in [9.17, 15) is 13.6 Å². The maximum atomic E-state index is 13.3. The first-order valence-corrected chi connectivity index (χ1v) is 11.4. The molecule has 0 bridgehead atoms. The molecule has 33 heavy (non-hydrogen) atoms. The molecule has 168 valence electrons. The van der Waals surface area contributed by atoms with E-state index in [0.29, 0.717) is 31.0 Å². The van der Waals surface area contributed by atoms with Crippen LogP contribution in [0, 0.1) is 18.6 Å². The lowest BCUT2D eigenvalue weighted by atomic mass is 10.1. The molecule has 0 aliphatic rings. The summed E-state index contributed by atoms with van der Waals surface area (Å²) in [5, 5.41) is 5.25. The van der Waals surface area contributed by atoms with Gasteiger partial charge in [-0.25, -0.2) is 13.8 Å². The number of amides is 1. The summed E-state index contributed by atoms with van der Waals surface area (Å²) in [5.41, 5.74) is 4.17. The zero-order chi connectivity index (χ0) is 23.2. The molecule has 0 fully saturated rings. The van der Waals surface area contributed by atoms with Crippen LogP contribution in [0.25, 0.3) is 0 Å². The Morgan fingerprint density at radius 3 is 2.00 bits per heavy atom. The monoisotopic (exact) mass is 463 g/mol. The number of rotatable bonds is 8. The number of carbonyl (C=O) groups is 1. The number of halogens is 2. The maximum Gasteiger partial charge on any atom is 0.275 e. The minimum Gasteiger partial charge on any atom is -0.321 e.